The van der Waals surface area contributed by atoms with E-state index in [0.717, 1.165) is 0 Å². The number of aliphatic carboxylic acids is 1. The van der Waals surface area contributed by atoms with Gasteiger partial charge in [0.1, 0.15) is 5.75 Å². The predicted octanol–water partition coefficient (Wildman–Crippen LogP) is 3.38. The topological polar surface area (TPSA) is 116 Å². The molecule has 8 heteroatoms. The van der Waals surface area contributed by atoms with E-state index >= 15 is 0 Å². The van der Waals surface area contributed by atoms with E-state index in [9.17, 15) is 20.0 Å². The summed E-state index contributed by atoms with van der Waals surface area (Å²) in [5, 5.41) is 19.8. The van der Waals surface area contributed by atoms with Crippen LogP contribution in [0.3, 0.4) is 0 Å². The molecule has 2 heterocycles. The number of methoxy groups -OCH3 is 1. The third kappa shape index (κ3) is 4.13. The van der Waals surface area contributed by atoms with Gasteiger partial charge in [-0.1, -0.05) is 11.6 Å². The standard InChI is InChI=1S/C21H16ClN3O4/c1-29-17-11-25-20(26)19(16(21(27)28)8-12-4-6-24-7-5-12)18(17)15-9-14(22)3-2-13(15)10-23/h2-7,9,11,16H,8H2,1H3,(H,25,26)(H,27,28). The second-order valence-corrected chi connectivity index (χ2v) is 6.66. The maximum absolute atomic E-state index is 12.8. The minimum Gasteiger partial charge on any atom is -0.495 e. The third-order valence-corrected chi connectivity index (χ3v) is 4.76. The molecule has 0 saturated carbocycles. The fraction of sp³-hybridized carbons (Fsp3) is 0.143. The van der Waals surface area contributed by atoms with Gasteiger partial charge < -0.3 is 14.8 Å². The van der Waals surface area contributed by atoms with E-state index in [0.29, 0.717) is 16.1 Å². The van der Waals surface area contributed by atoms with E-state index in [-0.39, 0.29) is 28.9 Å². The largest absolute Gasteiger partial charge is 0.495 e. The van der Waals surface area contributed by atoms with Gasteiger partial charge in [-0.2, -0.15) is 5.26 Å². The minimum absolute atomic E-state index is 0.00701. The number of aromatic amines is 1. The molecule has 7 nitrogen and oxygen atoms in total. The number of ether oxygens (including phenoxy) is 1. The Morgan fingerprint density at radius 2 is 2.07 bits per heavy atom. The molecule has 2 N–H and O–H groups in total. The smallest absolute Gasteiger partial charge is 0.311 e. The number of pyridine rings is 2. The molecule has 0 bridgehead atoms. The van der Waals surface area contributed by atoms with E-state index in [1.54, 1.807) is 30.6 Å². The molecule has 0 amide bonds. The van der Waals surface area contributed by atoms with Crippen LogP contribution in [-0.2, 0) is 11.2 Å². The first-order valence-corrected chi connectivity index (χ1v) is 8.95. The number of rotatable bonds is 6. The Morgan fingerprint density at radius 1 is 1.34 bits per heavy atom. The van der Waals surface area contributed by atoms with Gasteiger partial charge in [-0.15, -0.1) is 0 Å². The summed E-state index contributed by atoms with van der Waals surface area (Å²) in [6.45, 7) is 0. The number of hydrogen-bond acceptors (Lipinski definition) is 5. The zero-order valence-electron chi connectivity index (χ0n) is 15.3. The summed E-state index contributed by atoms with van der Waals surface area (Å²) in [6, 6.07) is 10.0. The molecule has 3 rings (SSSR count). The van der Waals surface area contributed by atoms with Gasteiger partial charge in [-0.05, 0) is 42.3 Å². The Bertz CT molecular complexity index is 1150. The highest BCUT2D eigenvalue weighted by Crippen LogP contribution is 2.38. The highest BCUT2D eigenvalue weighted by atomic mass is 35.5. The van der Waals surface area contributed by atoms with Crippen LogP contribution in [0.15, 0.2) is 53.7 Å². The summed E-state index contributed by atoms with van der Waals surface area (Å²) < 4.78 is 5.39. The maximum Gasteiger partial charge on any atom is 0.311 e. The first-order chi connectivity index (χ1) is 14.0. The van der Waals surface area contributed by atoms with Gasteiger partial charge >= 0.3 is 5.97 Å². The van der Waals surface area contributed by atoms with Gasteiger partial charge in [-0.3, -0.25) is 14.6 Å². The molecule has 1 aromatic carbocycles. The van der Waals surface area contributed by atoms with Crippen LogP contribution < -0.4 is 10.3 Å². The zero-order valence-corrected chi connectivity index (χ0v) is 16.1. The average molecular weight is 410 g/mol. The van der Waals surface area contributed by atoms with Crippen LogP contribution in [0.4, 0.5) is 0 Å². The van der Waals surface area contributed by atoms with Gasteiger partial charge in [-0.25, -0.2) is 0 Å². The zero-order chi connectivity index (χ0) is 21.0. The Labute approximate surface area is 171 Å². The van der Waals surface area contributed by atoms with E-state index in [4.69, 9.17) is 16.3 Å². The quantitative estimate of drug-likeness (QED) is 0.644. The number of benzene rings is 1. The molecule has 0 fully saturated rings. The molecular formula is C21H16ClN3O4. The van der Waals surface area contributed by atoms with Crippen LogP contribution in [0.2, 0.25) is 5.02 Å². The summed E-state index contributed by atoms with van der Waals surface area (Å²) in [6.07, 6.45) is 4.50. The SMILES string of the molecule is COc1c[nH]c(=O)c(C(Cc2ccncc2)C(=O)O)c1-c1cc(Cl)ccc1C#N. The summed E-state index contributed by atoms with van der Waals surface area (Å²) in [7, 11) is 1.40. The molecule has 146 valence electrons. The summed E-state index contributed by atoms with van der Waals surface area (Å²) in [4.78, 5) is 31.4. The van der Waals surface area contributed by atoms with Crippen molar-refractivity contribution in [2.24, 2.45) is 0 Å². The highest BCUT2D eigenvalue weighted by Gasteiger charge is 2.30. The van der Waals surface area contributed by atoms with Crippen molar-refractivity contribution in [1.29, 1.82) is 5.26 Å². The molecule has 2 aromatic heterocycles. The molecule has 0 aliphatic rings. The number of nitriles is 1. The summed E-state index contributed by atoms with van der Waals surface area (Å²) in [5.74, 6) is -2.13. The normalized spacial score (nSPS) is 11.5. The van der Waals surface area contributed by atoms with Crippen molar-refractivity contribution in [2.45, 2.75) is 12.3 Å². The number of halogens is 1. The maximum atomic E-state index is 12.8. The average Bonchev–Trinajstić information content (AvgIpc) is 2.72. The number of hydrogen-bond donors (Lipinski definition) is 2. The molecule has 29 heavy (non-hydrogen) atoms. The van der Waals surface area contributed by atoms with Gasteiger partial charge in [0.2, 0.25) is 0 Å². The van der Waals surface area contributed by atoms with Crippen molar-refractivity contribution in [3.63, 3.8) is 0 Å². The number of carboxylic acids is 1. The van der Waals surface area contributed by atoms with Gasteiger partial charge in [0.15, 0.2) is 0 Å². The van der Waals surface area contributed by atoms with Crippen molar-refractivity contribution >= 4 is 17.6 Å². The van der Waals surface area contributed by atoms with Crippen molar-refractivity contribution in [3.05, 3.63) is 81.0 Å². The lowest BCUT2D eigenvalue weighted by atomic mass is 9.86. The summed E-state index contributed by atoms with van der Waals surface area (Å²) >= 11 is 6.12. The second kappa shape index (κ2) is 8.59. The van der Waals surface area contributed by atoms with Crippen LogP contribution in [0, 0.1) is 11.3 Å². The molecule has 3 aromatic rings. The van der Waals surface area contributed by atoms with Crippen LogP contribution in [-0.4, -0.2) is 28.2 Å². The molecule has 0 aliphatic heterocycles. The van der Waals surface area contributed by atoms with Gasteiger partial charge in [0.25, 0.3) is 5.56 Å². The van der Waals surface area contributed by atoms with Gasteiger partial charge in [0, 0.05) is 40.3 Å². The fourth-order valence-electron chi connectivity index (χ4n) is 3.19. The number of nitrogens with zero attached hydrogens (tertiary/aromatic N) is 2. The predicted molar refractivity (Wildman–Crippen MR) is 107 cm³/mol. The second-order valence-electron chi connectivity index (χ2n) is 6.23. The van der Waals surface area contributed by atoms with Crippen LogP contribution in [0.1, 0.15) is 22.6 Å². The Kier molecular flexibility index (Phi) is 5.96. The van der Waals surface area contributed by atoms with Crippen LogP contribution in [0.5, 0.6) is 5.75 Å². The van der Waals surface area contributed by atoms with Crippen molar-refractivity contribution in [1.82, 2.24) is 9.97 Å². The number of carbonyl (C=O) groups is 1. The lowest BCUT2D eigenvalue weighted by molar-refractivity contribution is -0.138. The molecule has 0 spiro atoms. The molecule has 0 saturated heterocycles. The van der Waals surface area contributed by atoms with E-state index in [1.165, 1.54) is 25.4 Å². The van der Waals surface area contributed by atoms with Crippen molar-refractivity contribution in [2.75, 3.05) is 7.11 Å². The number of carboxylic acid groups (broad SMARTS) is 1. The molecule has 1 unspecified atom stereocenters. The number of nitrogens with one attached hydrogen (secondary N) is 1. The fourth-order valence-corrected chi connectivity index (χ4v) is 3.36. The van der Waals surface area contributed by atoms with Crippen molar-refractivity contribution in [3.8, 4) is 22.9 Å². The first-order valence-electron chi connectivity index (χ1n) is 8.57. The van der Waals surface area contributed by atoms with Crippen LogP contribution >= 0.6 is 11.6 Å². The molecular weight excluding hydrogens is 394 g/mol. The first kappa shape index (κ1) is 20.1. The minimum atomic E-state index is -1.18. The van der Waals surface area contributed by atoms with Crippen molar-refractivity contribution < 1.29 is 14.6 Å². The Morgan fingerprint density at radius 3 is 2.69 bits per heavy atom. The lowest BCUT2D eigenvalue weighted by Crippen LogP contribution is -2.25. The Hall–Kier alpha value is -3.63. The number of H-pyrrole nitrogens is 1. The highest BCUT2D eigenvalue weighted by molar-refractivity contribution is 6.31. The molecule has 0 radical (unpaired) electrons. The Balaban J connectivity index is 2.31. The van der Waals surface area contributed by atoms with Gasteiger partial charge in [0.05, 0.1) is 24.7 Å². The van der Waals surface area contributed by atoms with E-state index in [2.05, 4.69) is 16.0 Å². The number of aromatic nitrogens is 2. The summed E-state index contributed by atoms with van der Waals surface area (Å²) in [5.41, 5.74) is 0.925. The monoisotopic (exact) mass is 409 g/mol. The van der Waals surface area contributed by atoms with Crippen LogP contribution in [0.25, 0.3) is 11.1 Å². The molecule has 0 aliphatic carbocycles. The third-order valence-electron chi connectivity index (χ3n) is 4.52. The molecule has 1 atom stereocenters. The van der Waals surface area contributed by atoms with E-state index in [1.807, 2.05) is 0 Å². The lowest BCUT2D eigenvalue weighted by Gasteiger charge is -2.19. The van der Waals surface area contributed by atoms with E-state index < -0.39 is 17.4 Å².